The summed E-state index contributed by atoms with van der Waals surface area (Å²) in [6.07, 6.45) is 10.1. The van der Waals surface area contributed by atoms with Gasteiger partial charge in [0.2, 0.25) is 4.80 Å². The quantitative estimate of drug-likeness (QED) is 0.601. The Balaban J connectivity index is 1.78. The number of aromatic nitrogens is 2. The molecule has 5 heteroatoms. The second-order valence-electron chi connectivity index (χ2n) is 7.31. The molecule has 0 amide bonds. The summed E-state index contributed by atoms with van der Waals surface area (Å²) in [6, 6.07) is 11.0. The topological polar surface area (TPSA) is 45.4 Å². The lowest BCUT2D eigenvalue weighted by Crippen LogP contribution is -2.19. The monoisotopic (exact) mass is 378 g/mol. The molecule has 0 saturated heterocycles. The Hall–Kier alpha value is -2.40. The molecule has 0 aliphatic heterocycles. The van der Waals surface area contributed by atoms with E-state index in [4.69, 9.17) is 10.1 Å². The molecule has 0 unspecified atom stereocenters. The van der Waals surface area contributed by atoms with Gasteiger partial charge in [-0.05, 0) is 56.0 Å². The Morgan fingerprint density at radius 3 is 2.70 bits per heavy atom. The molecule has 1 saturated carbocycles. The normalized spacial score (nSPS) is 16.4. The number of hydrogen-bond acceptors (Lipinski definition) is 3. The molecule has 2 aromatic heterocycles. The smallest absolute Gasteiger partial charge is 0.206 e. The summed E-state index contributed by atoms with van der Waals surface area (Å²) >= 11 is 1.68. The molecule has 1 aliphatic rings. The highest BCUT2D eigenvalue weighted by Crippen LogP contribution is 2.24. The molecule has 1 N–H and O–H groups in total. The summed E-state index contributed by atoms with van der Waals surface area (Å²) in [6.45, 7) is 4.30. The lowest BCUT2D eigenvalue weighted by Gasteiger charge is -2.16. The summed E-state index contributed by atoms with van der Waals surface area (Å²) in [7, 11) is 0. The second-order valence-corrected chi connectivity index (χ2v) is 8.14. The van der Waals surface area contributed by atoms with Crippen LogP contribution in [0.3, 0.4) is 0 Å². The minimum absolute atomic E-state index is 0.428. The van der Waals surface area contributed by atoms with E-state index in [9.17, 15) is 0 Å². The zero-order valence-electron chi connectivity index (χ0n) is 16.0. The van der Waals surface area contributed by atoms with Crippen molar-refractivity contribution in [2.45, 2.75) is 52.0 Å². The number of nitrogens with zero attached hydrogens (tertiary/aromatic N) is 3. The van der Waals surface area contributed by atoms with Gasteiger partial charge in [0.1, 0.15) is 0 Å². The van der Waals surface area contributed by atoms with Crippen molar-refractivity contribution in [3.05, 3.63) is 63.5 Å². The largest absolute Gasteiger partial charge is 0.360 e. The van der Waals surface area contributed by atoms with Crippen LogP contribution in [0.25, 0.3) is 11.3 Å². The Morgan fingerprint density at radius 1 is 1.11 bits per heavy atom. The van der Waals surface area contributed by atoms with E-state index in [2.05, 4.69) is 42.4 Å². The third kappa shape index (κ3) is 4.14. The minimum atomic E-state index is 0.428. The number of hydrogen-bond donors (Lipinski definition) is 1. The van der Waals surface area contributed by atoms with E-state index >= 15 is 0 Å². The first kappa shape index (κ1) is 18.0. The molecule has 1 aliphatic carbocycles. The van der Waals surface area contributed by atoms with E-state index < -0.39 is 0 Å². The molecule has 4 rings (SSSR count). The van der Waals surface area contributed by atoms with Crippen molar-refractivity contribution in [1.82, 2.24) is 9.66 Å². The van der Waals surface area contributed by atoms with Crippen molar-refractivity contribution in [2.75, 3.05) is 0 Å². The molecule has 0 radical (unpaired) electrons. The highest BCUT2D eigenvalue weighted by Gasteiger charge is 2.14. The fourth-order valence-corrected chi connectivity index (χ4v) is 4.42. The molecule has 1 aromatic carbocycles. The Bertz CT molecular complexity index is 986. The van der Waals surface area contributed by atoms with Crippen LogP contribution in [0.5, 0.6) is 0 Å². The van der Waals surface area contributed by atoms with Gasteiger partial charge in [0.05, 0.1) is 23.6 Å². The number of H-pyrrole nitrogens is 1. The van der Waals surface area contributed by atoms with Gasteiger partial charge in [-0.2, -0.15) is 5.10 Å². The van der Waals surface area contributed by atoms with Gasteiger partial charge in [-0.3, -0.25) is 4.99 Å². The van der Waals surface area contributed by atoms with E-state index in [1.165, 1.54) is 48.8 Å². The van der Waals surface area contributed by atoms with Crippen molar-refractivity contribution < 1.29 is 0 Å². The van der Waals surface area contributed by atoms with Gasteiger partial charge in [-0.25, -0.2) is 4.68 Å². The van der Waals surface area contributed by atoms with Crippen molar-refractivity contribution in [3.8, 4) is 11.3 Å². The zero-order valence-corrected chi connectivity index (χ0v) is 16.8. The first-order valence-electron chi connectivity index (χ1n) is 9.70. The fourth-order valence-electron chi connectivity index (χ4n) is 3.51. The molecular formula is C22H26N4S. The molecule has 4 nitrogen and oxygen atoms in total. The maximum Gasteiger partial charge on any atom is 0.206 e. The predicted molar refractivity (Wildman–Crippen MR) is 113 cm³/mol. The molecule has 27 heavy (non-hydrogen) atoms. The average Bonchev–Trinajstić information content (AvgIpc) is 3.33. The lowest BCUT2D eigenvalue weighted by molar-refractivity contribution is 0.435. The second kappa shape index (κ2) is 8.09. The van der Waals surface area contributed by atoms with Crippen molar-refractivity contribution in [3.63, 3.8) is 0 Å². The van der Waals surface area contributed by atoms with E-state index in [0.717, 1.165) is 16.2 Å². The van der Waals surface area contributed by atoms with Gasteiger partial charge >= 0.3 is 0 Å². The first-order chi connectivity index (χ1) is 13.2. The Labute approximate surface area is 164 Å². The number of nitrogens with one attached hydrogen (secondary N) is 1. The third-order valence-corrected chi connectivity index (χ3v) is 6.12. The van der Waals surface area contributed by atoms with E-state index in [1.807, 2.05) is 29.2 Å². The number of rotatable bonds is 4. The number of benzene rings is 1. The molecule has 0 bridgehead atoms. The van der Waals surface area contributed by atoms with Crippen LogP contribution >= 0.6 is 11.3 Å². The minimum Gasteiger partial charge on any atom is -0.360 e. The van der Waals surface area contributed by atoms with Crippen LogP contribution in [0, 0.1) is 13.8 Å². The van der Waals surface area contributed by atoms with E-state index in [0.29, 0.717) is 6.04 Å². The lowest BCUT2D eigenvalue weighted by atomic mass is 9.96. The summed E-state index contributed by atoms with van der Waals surface area (Å²) in [5.74, 6) is 0. The van der Waals surface area contributed by atoms with Crippen LogP contribution in [0.2, 0.25) is 0 Å². The summed E-state index contributed by atoms with van der Waals surface area (Å²) < 4.78 is 2.00. The summed E-state index contributed by atoms with van der Waals surface area (Å²) in [5.41, 5.74) is 5.87. The van der Waals surface area contributed by atoms with Crippen molar-refractivity contribution >= 4 is 17.6 Å². The SMILES string of the molecule is Cc1ccc(-c2csc(=NC3CCCCC3)n2N=Cc2ccc[nH]2)cc1C. The molecule has 0 spiro atoms. The number of aromatic amines is 1. The van der Waals surface area contributed by atoms with Crippen LogP contribution < -0.4 is 4.80 Å². The van der Waals surface area contributed by atoms with Crippen molar-refractivity contribution in [2.24, 2.45) is 10.1 Å². The average molecular weight is 379 g/mol. The Kier molecular flexibility index (Phi) is 5.39. The van der Waals surface area contributed by atoms with Gasteiger partial charge in [0, 0.05) is 17.1 Å². The van der Waals surface area contributed by atoms with Crippen LogP contribution in [0.4, 0.5) is 0 Å². The van der Waals surface area contributed by atoms with E-state index in [1.54, 1.807) is 11.3 Å². The first-order valence-corrected chi connectivity index (χ1v) is 10.6. The Morgan fingerprint density at radius 2 is 1.96 bits per heavy atom. The summed E-state index contributed by atoms with van der Waals surface area (Å²) in [4.78, 5) is 9.23. The van der Waals surface area contributed by atoms with Gasteiger partial charge in [-0.1, -0.05) is 31.4 Å². The van der Waals surface area contributed by atoms with Crippen LogP contribution in [0.15, 0.2) is 52.0 Å². The zero-order chi connectivity index (χ0) is 18.6. The van der Waals surface area contributed by atoms with Crippen LogP contribution in [0.1, 0.15) is 48.9 Å². The summed E-state index contributed by atoms with van der Waals surface area (Å²) in [5, 5.41) is 6.96. The highest BCUT2D eigenvalue weighted by atomic mass is 32.1. The molecule has 3 aromatic rings. The van der Waals surface area contributed by atoms with Crippen molar-refractivity contribution in [1.29, 1.82) is 0 Å². The van der Waals surface area contributed by atoms with Crippen LogP contribution in [-0.2, 0) is 0 Å². The molecule has 0 atom stereocenters. The third-order valence-electron chi connectivity index (χ3n) is 5.29. The molecule has 2 heterocycles. The van der Waals surface area contributed by atoms with Gasteiger partial charge in [0.25, 0.3) is 0 Å². The number of aryl methyl sites for hydroxylation is 2. The molecular weight excluding hydrogens is 352 g/mol. The van der Waals surface area contributed by atoms with Crippen LogP contribution in [-0.4, -0.2) is 21.9 Å². The number of thiazole rings is 1. The highest BCUT2D eigenvalue weighted by molar-refractivity contribution is 7.07. The fraction of sp³-hybridized carbons (Fsp3) is 0.364. The maximum absolute atomic E-state index is 5.06. The maximum atomic E-state index is 5.06. The van der Waals surface area contributed by atoms with Gasteiger partial charge < -0.3 is 4.98 Å². The van der Waals surface area contributed by atoms with E-state index in [-0.39, 0.29) is 0 Å². The van der Waals surface area contributed by atoms with Gasteiger partial charge in [0.15, 0.2) is 0 Å². The molecule has 1 fully saturated rings. The standard InChI is InChI=1S/C22H26N4S/c1-16-10-11-18(13-17(16)2)21-15-27-22(25-19-7-4-3-5-8-19)26(21)24-14-20-9-6-12-23-20/h6,9-15,19,23H,3-5,7-8H2,1-2H3. The molecule has 140 valence electrons. The van der Waals surface area contributed by atoms with Gasteiger partial charge in [-0.15, -0.1) is 11.3 Å². The predicted octanol–water partition coefficient (Wildman–Crippen LogP) is 5.28.